The normalized spacial score (nSPS) is 11.5. The van der Waals surface area contributed by atoms with Gasteiger partial charge < -0.3 is 5.32 Å². The standard InChI is InChI=1S/C17H12F3N3O2/c18-17(19,20)13-6-3-11(4-7-13)10-22-14-8-5-12-2-1-9-21-15(12)16(14)23(24)25/h1-9,22H,10H2. The van der Waals surface area contributed by atoms with Gasteiger partial charge in [-0.1, -0.05) is 24.3 Å². The van der Waals surface area contributed by atoms with E-state index in [2.05, 4.69) is 10.3 Å². The van der Waals surface area contributed by atoms with E-state index in [1.54, 1.807) is 24.3 Å². The van der Waals surface area contributed by atoms with Crippen molar-refractivity contribution >= 4 is 22.3 Å². The van der Waals surface area contributed by atoms with Crippen molar-refractivity contribution in [2.24, 2.45) is 0 Å². The summed E-state index contributed by atoms with van der Waals surface area (Å²) < 4.78 is 37.7. The zero-order valence-electron chi connectivity index (χ0n) is 12.7. The van der Waals surface area contributed by atoms with E-state index in [1.807, 2.05) is 0 Å². The molecule has 25 heavy (non-hydrogen) atoms. The van der Waals surface area contributed by atoms with E-state index in [0.717, 1.165) is 12.1 Å². The van der Waals surface area contributed by atoms with Gasteiger partial charge >= 0.3 is 11.9 Å². The van der Waals surface area contributed by atoms with Crippen molar-refractivity contribution in [1.29, 1.82) is 0 Å². The highest BCUT2D eigenvalue weighted by Gasteiger charge is 2.29. The van der Waals surface area contributed by atoms with Gasteiger partial charge in [0.2, 0.25) is 0 Å². The average molecular weight is 347 g/mol. The molecule has 8 heteroatoms. The first kappa shape index (κ1) is 16.7. The van der Waals surface area contributed by atoms with Crippen molar-refractivity contribution < 1.29 is 18.1 Å². The predicted octanol–water partition coefficient (Wildman–Crippen LogP) is 4.77. The van der Waals surface area contributed by atoms with E-state index in [1.165, 1.54) is 18.3 Å². The third kappa shape index (κ3) is 3.52. The highest BCUT2D eigenvalue weighted by molar-refractivity contribution is 5.93. The van der Waals surface area contributed by atoms with Crippen LogP contribution < -0.4 is 5.32 Å². The van der Waals surface area contributed by atoms with Crippen molar-refractivity contribution in [2.45, 2.75) is 12.7 Å². The Labute approximate surface area is 140 Å². The molecule has 0 saturated heterocycles. The predicted molar refractivity (Wildman–Crippen MR) is 87.2 cm³/mol. The highest BCUT2D eigenvalue weighted by Crippen LogP contribution is 2.32. The Kier molecular flexibility index (Phi) is 4.26. The minimum Gasteiger partial charge on any atom is -0.375 e. The van der Waals surface area contributed by atoms with Gasteiger partial charge in [-0.05, 0) is 29.8 Å². The van der Waals surface area contributed by atoms with Crippen LogP contribution in [0, 0.1) is 10.1 Å². The number of halogens is 3. The maximum absolute atomic E-state index is 12.6. The molecular formula is C17H12F3N3O2. The first-order chi connectivity index (χ1) is 11.9. The lowest BCUT2D eigenvalue weighted by Crippen LogP contribution is -2.06. The van der Waals surface area contributed by atoms with Gasteiger partial charge in [-0.15, -0.1) is 0 Å². The van der Waals surface area contributed by atoms with Gasteiger partial charge in [0.15, 0.2) is 0 Å². The number of hydrogen-bond donors (Lipinski definition) is 1. The summed E-state index contributed by atoms with van der Waals surface area (Å²) in [5.41, 5.74) is 0.187. The molecule has 1 aromatic heterocycles. The zero-order chi connectivity index (χ0) is 18.0. The second-order valence-corrected chi connectivity index (χ2v) is 5.34. The van der Waals surface area contributed by atoms with Gasteiger partial charge in [-0.2, -0.15) is 13.2 Å². The lowest BCUT2D eigenvalue weighted by atomic mass is 10.1. The van der Waals surface area contributed by atoms with Gasteiger partial charge in [0.05, 0.1) is 10.5 Å². The van der Waals surface area contributed by atoms with Crippen LogP contribution in [0.3, 0.4) is 0 Å². The summed E-state index contributed by atoms with van der Waals surface area (Å²) in [7, 11) is 0. The largest absolute Gasteiger partial charge is 0.416 e. The minimum atomic E-state index is -4.39. The fourth-order valence-electron chi connectivity index (χ4n) is 2.47. The molecule has 128 valence electrons. The number of aromatic nitrogens is 1. The van der Waals surface area contributed by atoms with Crippen LogP contribution in [0.4, 0.5) is 24.5 Å². The number of pyridine rings is 1. The molecule has 0 atom stereocenters. The smallest absolute Gasteiger partial charge is 0.375 e. The van der Waals surface area contributed by atoms with E-state index in [9.17, 15) is 23.3 Å². The van der Waals surface area contributed by atoms with E-state index < -0.39 is 16.7 Å². The molecule has 0 bridgehead atoms. The van der Waals surface area contributed by atoms with Crippen LogP contribution in [0.5, 0.6) is 0 Å². The van der Waals surface area contributed by atoms with Gasteiger partial charge in [0.25, 0.3) is 0 Å². The number of nitro groups is 1. The summed E-state index contributed by atoms with van der Waals surface area (Å²) in [6.45, 7) is 0.150. The number of anilines is 1. The van der Waals surface area contributed by atoms with Crippen LogP contribution in [0.15, 0.2) is 54.7 Å². The lowest BCUT2D eigenvalue weighted by molar-refractivity contribution is -0.382. The number of nitro benzene ring substituents is 1. The quantitative estimate of drug-likeness (QED) is 0.545. The maximum Gasteiger partial charge on any atom is 0.416 e. The topological polar surface area (TPSA) is 68.1 Å². The number of benzene rings is 2. The lowest BCUT2D eigenvalue weighted by Gasteiger charge is -2.10. The van der Waals surface area contributed by atoms with Gasteiger partial charge in [-0.3, -0.25) is 10.1 Å². The number of rotatable bonds is 4. The first-order valence-electron chi connectivity index (χ1n) is 7.28. The van der Waals surface area contributed by atoms with Crippen LogP contribution in [0.25, 0.3) is 10.9 Å². The molecule has 5 nitrogen and oxygen atoms in total. The van der Waals surface area contributed by atoms with Crippen LogP contribution in [-0.4, -0.2) is 9.91 Å². The average Bonchev–Trinajstić information content (AvgIpc) is 2.58. The number of nitrogens with one attached hydrogen (secondary N) is 1. The van der Waals surface area contributed by atoms with Crippen LogP contribution in [0.1, 0.15) is 11.1 Å². The molecule has 0 unspecified atom stereocenters. The molecule has 0 aliphatic rings. The van der Waals surface area contributed by atoms with Crippen LogP contribution in [-0.2, 0) is 12.7 Å². The summed E-state index contributed by atoms with van der Waals surface area (Å²) in [6, 6.07) is 11.3. The molecule has 0 spiro atoms. The summed E-state index contributed by atoms with van der Waals surface area (Å²) >= 11 is 0. The molecule has 0 amide bonds. The molecule has 2 aromatic carbocycles. The number of nitrogens with zero attached hydrogens (tertiary/aromatic N) is 2. The van der Waals surface area contributed by atoms with Gasteiger partial charge in [-0.25, -0.2) is 4.98 Å². The highest BCUT2D eigenvalue weighted by atomic mass is 19.4. The van der Waals surface area contributed by atoms with Crippen molar-refractivity contribution in [3.05, 3.63) is 76.0 Å². The second-order valence-electron chi connectivity index (χ2n) is 5.34. The Morgan fingerprint density at radius 2 is 1.80 bits per heavy atom. The molecule has 0 aliphatic heterocycles. The van der Waals surface area contributed by atoms with E-state index >= 15 is 0 Å². The maximum atomic E-state index is 12.6. The molecule has 0 saturated carbocycles. The van der Waals surface area contributed by atoms with Crippen LogP contribution >= 0.6 is 0 Å². The molecule has 0 fully saturated rings. The number of alkyl halides is 3. The third-order valence-electron chi connectivity index (χ3n) is 3.69. The Morgan fingerprint density at radius 3 is 2.44 bits per heavy atom. The van der Waals surface area contributed by atoms with E-state index in [4.69, 9.17) is 0 Å². The molecule has 1 N–H and O–H groups in total. The SMILES string of the molecule is O=[N+]([O-])c1c(NCc2ccc(C(F)(F)F)cc2)ccc2cccnc12. The van der Waals surface area contributed by atoms with Crippen molar-refractivity contribution in [3.63, 3.8) is 0 Å². The molecule has 0 radical (unpaired) electrons. The molecule has 3 aromatic rings. The van der Waals surface area contributed by atoms with Gasteiger partial charge in [0.1, 0.15) is 11.2 Å². The zero-order valence-corrected chi connectivity index (χ0v) is 12.7. The van der Waals surface area contributed by atoms with Crippen molar-refractivity contribution in [2.75, 3.05) is 5.32 Å². The first-order valence-corrected chi connectivity index (χ1v) is 7.28. The summed E-state index contributed by atoms with van der Waals surface area (Å²) in [4.78, 5) is 14.9. The number of fused-ring (bicyclic) bond motifs is 1. The Bertz CT molecular complexity index is 925. The summed E-state index contributed by atoms with van der Waals surface area (Å²) in [5.74, 6) is 0. The molecule has 0 aliphatic carbocycles. The Hall–Kier alpha value is -3.16. The fraction of sp³-hybridized carbons (Fsp3) is 0.118. The van der Waals surface area contributed by atoms with E-state index in [-0.39, 0.29) is 23.4 Å². The third-order valence-corrected chi connectivity index (χ3v) is 3.69. The van der Waals surface area contributed by atoms with Gasteiger partial charge in [0, 0.05) is 18.1 Å². The molecule has 3 rings (SSSR count). The summed E-state index contributed by atoms with van der Waals surface area (Å²) in [5, 5.41) is 14.9. The fourth-order valence-corrected chi connectivity index (χ4v) is 2.47. The molecular weight excluding hydrogens is 335 g/mol. The Morgan fingerprint density at radius 1 is 1.08 bits per heavy atom. The van der Waals surface area contributed by atoms with Crippen molar-refractivity contribution in [3.8, 4) is 0 Å². The second kappa shape index (κ2) is 6.39. The molecule has 1 heterocycles. The summed E-state index contributed by atoms with van der Waals surface area (Å²) in [6.07, 6.45) is -2.93. The van der Waals surface area contributed by atoms with Crippen molar-refractivity contribution in [1.82, 2.24) is 4.98 Å². The minimum absolute atomic E-state index is 0.150. The van der Waals surface area contributed by atoms with E-state index in [0.29, 0.717) is 10.9 Å². The monoisotopic (exact) mass is 347 g/mol. The van der Waals surface area contributed by atoms with Crippen LogP contribution in [0.2, 0.25) is 0 Å². The Balaban J connectivity index is 1.86. The number of hydrogen-bond acceptors (Lipinski definition) is 4.